The van der Waals surface area contributed by atoms with E-state index in [9.17, 15) is 9.59 Å². The van der Waals surface area contributed by atoms with E-state index in [1.54, 1.807) is 23.4 Å². The second-order valence-electron chi connectivity index (χ2n) is 8.49. The van der Waals surface area contributed by atoms with Crippen molar-refractivity contribution < 1.29 is 4.79 Å². The summed E-state index contributed by atoms with van der Waals surface area (Å²) in [5.41, 5.74) is 4.97. The van der Waals surface area contributed by atoms with Gasteiger partial charge >= 0.3 is 0 Å². The van der Waals surface area contributed by atoms with Crippen molar-refractivity contribution in [3.05, 3.63) is 92.9 Å². The first-order valence-electron chi connectivity index (χ1n) is 11.4. The molecule has 6 heteroatoms. The van der Waals surface area contributed by atoms with Crippen LogP contribution in [0, 0.1) is 13.8 Å². The average molecular weight is 464 g/mol. The fourth-order valence-corrected chi connectivity index (χ4v) is 4.67. The van der Waals surface area contributed by atoms with Crippen molar-refractivity contribution in [3.63, 3.8) is 0 Å². The van der Waals surface area contributed by atoms with Crippen molar-refractivity contribution in [2.75, 3.05) is 5.75 Å². The zero-order valence-corrected chi connectivity index (χ0v) is 20.7. The molecule has 2 aromatic carbocycles. The molecule has 0 radical (unpaired) electrons. The van der Waals surface area contributed by atoms with Crippen molar-refractivity contribution in [1.29, 1.82) is 0 Å². The number of nitrogens with one attached hydrogen (secondary N) is 1. The van der Waals surface area contributed by atoms with E-state index < -0.39 is 0 Å². The Labute approximate surface area is 200 Å². The van der Waals surface area contributed by atoms with Crippen molar-refractivity contribution in [3.8, 4) is 0 Å². The molecule has 0 saturated carbocycles. The van der Waals surface area contributed by atoms with E-state index in [1.807, 2.05) is 44.2 Å². The van der Waals surface area contributed by atoms with Crippen LogP contribution in [0.25, 0.3) is 0 Å². The Morgan fingerprint density at radius 1 is 1.06 bits per heavy atom. The maximum absolute atomic E-state index is 12.9. The molecule has 0 aliphatic heterocycles. The van der Waals surface area contributed by atoms with Crippen LogP contribution in [0.1, 0.15) is 60.2 Å². The van der Waals surface area contributed by atoms with Gasteiger partial charge in [-0.05, 0) is 44.7 Å². The fraction of sp³-hybridized carbons (Fsp3) is 0.370. The predicted molar refractivity (Wildman–Crippen MR) is 136 cm³/mol. The number of benzene rings is 2. The Hall–Kier alpha value is -2.86. The molecule has 1 atom stereocenters. The Balaban J connectivity index is 1.48. The molecule has 1 N–H and O–H groups in total. The summed E-state index contributed by atoms with van der Waals surface area (Å²) in [7, 11) is 1.79. The molecule has 5 nitrogen and oxygen atoms in total. The molecule has 0 saturated heterocycles. The molecule has 1 unspecified atom stereocenters. The Morgan fingerprint density at radius 3 is 2.45 bits per heavy atom. The van der Waals surface area contributed by atoms with Gasteiger partial charge in [0.25, 0.3) is 5.56 Å². The van der Waals surface area contributed by atoms with Gasteiger partial charge in [-0.3, -0.25) is 14.2 Å². The molecule has 0 fully saturated rings. The second-order valence-corrected chi connectivity index (χ2v) is 9.55. The maximum Gasteiger partial charge on any atom is 0.257 e. The van der Waals surface area contributed by atoms with Gasteiger partial charge < -0.3 is 5.32 Å². The number of unbranched alkanes of at least 4 members (excludes halogenated alkanes) is 1. The summed E-state index contributed by atoms with van der Waals surface area (Å²) in [6, 6.07) is 18.2. The Morgan fingerprint density at radius 2 is 1.76 bits per heavy atom. The quantitative estimate of drug-likeness (QED) is 0.257. The molecule has 0 spiro atoms. The van der Waals surface area contributed by atoms with Crippen LogP contribution >= 0.6 is 11.8 Å². The number of thioether (sulfide) groups is 1. The van der Waals surface area contributed by atoms with Crippen LogP contribution in [0.5, 0.6) is 0 Å². The largest absolute Gasteiger partial charge is 0.350 e. The lowest BCUT2D eigenvalue weighted by Gasteiger charge is -2.14. The summed E-state index contributed by atoms with van der Waals surface area (Å²) in [4.78, 5) is 29.9. The number of nitrogens with zero attached hydrogens (tertiary/aromatic N) is 2. The minimum absolute atomic E-state index is 0.00759. The van der Waals surface area contributed by atoms with Gasteiger partial charge in [-0.1, -0.05) is 71.9 Å². The molecule has 0 bridgehead atoms. The van der Waals surface area contributed by atoms with Crippen LogP contribution in [0.15, 0.2) is 64.5 Å². The SMILES string of the molecule is Cc1ccc(Cc2c(C)nc(SCCCCC(=O)NC(C)c3ccccc3)n(C)c2=O)cc1. The van der Waals surface area contributed by atoms with Gasteiger partial charge in [0, 0.05) is 36.9 Å². The number of aromatic nitrogens is 2. The van der Waals surface area contributed by atoms with Crippen LogP contribution < -0.4 is 10.9 Å². The van der Waals surface area contributed by atoms with Gasteiger partial charge in [-0.2, -0.15) is 0 Å². The number of aryl methyl sites for hydroxylation is 2. The third kappa shape index (κ3) is 7.06. The predicted octanol–water partition coefficient (Wildman–Crippen LogP) is 5.13. The van der Waals surface area contributed by atoms with E-state index >= 15 is 0 Å². The van der Waals surface area contributed by atoms with E-state index in [0.29, 0.717) is 12.8 Å². The van der Waals surface area contributed by atoms with Gasteiger partial charge in [0.2, 0.25) is 5.91 Å². The van der Waals surface area contributed by atoms with Crippen LogP contribution in [0.4, 0.5) is 0 Å². The Kier molecular flexibility index (Phi) is 8.89. The standard InChI is InChI=1S/C27H33N3O2S/c1-19-13-15-22(16-14-19)18-24-21(3)29-27(30(4)26(24)32)33-17-9-8-12-25(31)28-20(2)23-10-6-5-7-11-23/h5-7,10-11,13-16,20H,8-9,12,17-18H2,1-4H3,(H,28,31). The van der Waals surface area contributed by atoms with Gasteiger partial charge in [-0.25, -0.2) is 4.98 Å². The summed E-state index contributed by atoms with van der Waals surface area (Å²) in [5.74, 6) is 0.886. The monoisotopic (exact) mass is 463 g/mol. The highest BCUT2D eigenvalue weighted by molar-refractivity contribution is 7.99. The maximum atomic E-state index is 12.9. The molecule has 3 aromatic rings. The normalized spacial score (nSPS) is 11.9. The van der Waals surface area contributed by atoms with Crippen LogP contribution in [-0.2, 0) is 18.3 Å². The topological polar surface area (TPSA) is 64.0 Å². The summed E-state index contributed by atoms with van der Waals surface area (Å²) >= 11 is 1.57. The van der Waals surface area contributed by atoms with Crippen molar-refractivity contribution in [2.24, 2.45) is 7.05 Å². The van der Waals surface area contributed by atoms with E-state index in [0.717, 1.165) is 46.1 Å². The number of rotatable bonds is 10. The molecule has 1 heterocycles. The molecule has 1 amide bonds. The smallest absolute Gasteiger partial charge is 0.257 e. The summed E-state index contributed by atoms with van der Waals surface area (Å²) in [6.45, 7) is 5.96. The van der Waals surface area contributed by atoms with Gasteiger partial charge in [0.15, 0.2) is 5.16 Å². The number of hydrogen-bond donors (Lipinski definition) is 1. The third-order valence-corrected chi connectivity index (χ3v) is 6.87. The van der Waals surface area contributed by atoms with E-state index in [-0.39, 0.29) is 17.5 Å². The van der Waals surface area contributed by atoms with Crippen molar-refractivity contribution in [2.45, 2.75) is 57.7 Å². The first-order valence-corrected chi connectivity index (χ1v) is 12.4. The van der Waals surface area contributed by atoms with Crippen molar-refractivity contribution in [1.82, 2.24) is 14.9 Å². The molecular formula is C27H33N3O2S. The van der Waals surface area contributed by atoms with Crippen LogP contribution in [-0.4, -0.2) is 21.2 Å². The first-order chi connectivity index (χ1) is 15.8. The third-order valence-electron chi connectivity index (χ3n) is 5.76. The summed E-state index contributed by atoms with van der Waals surface area (Å²) in [5, 5.41) is 3.78. The molecule has 3 rings (SSSR count). The van der Waals surface area contributed by atoms with E-state index in [1.165, 1.54) is 5.56 Å². The summed E-state index contributed by atoms with van der Waals surface area (Å²) < 4.78 is 1.65. The molecule has 174 valence electrons. The number of amides is 1. The van der Waals surface area contributed by atoms with Gasteiger partial charge in [-0.15, -0.1) is 0 Å². The van der Waals surface area contributed by atoms with E-state index in [2.05, 4.69) is 36.5 Å². The van der Waals surface area contributed by atoms with Gasteiger partial charge in [0.1, 0.15) is 0 Å². The lowest BCUT2D eigenvalue weighted by Crippen LogP contribution is -2.26. The lowest BCUT2D eigenvalue weighted by molar-refractivity contribution is -0.121. The number of carbonyl (C=O) groups is 1. The fourth-order valence-electron chi connectivity index (χ4n) is 3.66. The molecule has 33 heavy (non-hydrogen) atoms. The molecule has 0 aliphatic carbocycles. The highest BCUT2D eigenvalue weighted by Gasteiger charge is 2.13. The lowest BCUT2D eigenvalue weighted by atomic mass is 10.0. The second kappa shape index (κ2) is 11.8. The van der Waals surface area contributed by atoms with E-state index in [4.69, 9.17) is 4.98 Å². The summed E-state index contributed by atoms with van der Waals surface area (Å²) in [6.07, 6.45) is 2.78. The molecule has 0 aliphatic rings. The highest BCUT2D eigenvalue weighted by atomic mass is 32.2. The minimum atomic E-state index is 0.00759. The number of hydrogen-bond acceptors (Lipinski definition) is 4. The zero-order valence-electron chi connectivity index (χ0n) is 19.9. The Bertz CT molecular complexity index is 1120. The van der Waals surface area contributed by atoms with Crippen LogP contribution in [0.3, 0.4) is 0 Å². The zero-order chi connectivity index (χ0) is 23.8. The molecule has 1 aromatic heterocycles. The van der Waals surface area contributed by atoms with Crippen LogP contribution in [0.2, 0.25) is 0 Å². The first kappa shape index (κ1) is 24.8. The number of carbonyl (C=O) groups excluding carboxylic acids is 1. The minimum Gasteiger partial charge on any atom is -0.350 e. The van der Waals surface area contributed by atoms with Gasteiger partial charge in [0.05, 0.1) is 6.04 Å². The highest BCUT2D eigenvalue weighted by Crippen LogP contribution is 2.19. The molecular weight excluding hydrogens is 430 g/mol. The van der Waals surface area contributed by atoms with Crippen molar-refractivity contribution >= 4 is 17.7 Å². The average Bonchev–Trinajstić information content (AvgIpc) is 2.81.